The van der Waals surface area contributed by atoms with E-state index < -0.39 is 0 Å². The lowest BCUT2D eigenvalue weighted by atomic mass is 9.93. The molecule has 2 nitrogen and oxygen atoms in total. The third-order valence-corrected chi connectivity index (χ3v) is 4.34. The highest BCUT2D eigenvalue weighted by Crippen LogP contribution is 2.23. The SMILES string of the molecule is CC(C)N1CC(=Cc2ccccc2)C(=O)C(=Cc2ccccc2)C1. The molecule has 1 aliphatic rings. The molecule has 0 aliphatic carbocycles. The molecule has 24 heavy (non-hydrogen) atoms. The van der Waals surface area contributed by atoms with Gasteiger partial charge in [0, 0.05) is 30.3 Å². The molecule has 0 atom stereocenters. The Morgan fingerprint density at radius 2 is 1.21 bits per heavy atom. The van der Waals surface area contributed by atoms with Gasteiger partial charge in [0.2, 0.25) is 0 Å². The molecule has 0 unspecified atom stereocenters. The van der Waals surface area contributed by atoms with Crippen LogP contribution in [0.3, 0.4) is 0 Å². The highest BCUT2D eigenvalue weighted by Gasteiger charge is 2.27. The zero-order valence-electron chi connectivity index (χ0n) is 14.3. The number of hydrogen-bond acceptors (Lipinski definition) is 2. The summed E-state index contributed by atoms with van der Waals surface area (Å²) in [5.74, 6) is 0.166. The molecule has 122 valence electrons. The van der Waals surface area contributed by atoms with Gasteiger partial charge in [0.25, 0.3) is 0 Å². The van der Waals surface area contributed by atoms with E-state index in [1.807, 2.05) is 72.8 Å². The molecule has 1 aliphatic heterocycles. The summed E-state index contributed by atoms with van der Waals surface area (Å²) in [6, 6.07) is 20.5. The minimum absolute atomic E-state index is 0.166. The number of ketones is 1. The fourth-order valence-electron chi connectivity index (χ4n) is 2.93. The Balaban J connectivity index is 1.96. The Hall–Kier alpha value is -2.45. The molecule has 0 radical (unpaired) electrons. The number of rotatable bonds is 3. The predicted octanol–water partition coefficient (Wildman–Crippen LogP) is 4.45. The Morgan fingerprint density at radius 3 is 1.58 bits per heavy atom. The van der Waals surface area contributed by atoms with Crippen molar-refractivity contribution in [1.82, 2.24) is 4.90 Å². The van der Waals surface area contributed by atoms with Crippen molar-refractivity contribution >= 4 is 17.9 Å². The molecular formula is C22H23NO. The minimum Gasteiger partial charge on any atom is -0.292 e. The van der Waals surface area contributed by atoms with Crippen LogP contribution in [-0.2, 0) is 4.79 Å². The van der Waals surface area contributed by atoms with Crippen LogP contribution in [0.1, 0.15) is 25.0 Å². The summed E-state index contributed by atoms with van der Waals surface area (Å²) >= 11 is 0. The van der Waals surface area contributed by atoms with E-state index in [9.17, 15) is 4.79 Å². The monoisotopic (exact) mass is 317 g/mol. The van der Waals surface area contributed by atoms with Crippen LogP contribution in [0, 0.1) is 0 Å². The molecule has 2 heteroatoms. The van der Waals surface area contributed by atoms with Gasteiger partial charge in [-0.1, -0.05) is 60.7 Å². The average molecular weight is 317 g/mol. The predicted molar refractivity (Wildman–Crippen MR) is 101 cm³/mol. The van der Waals surface area contributed by atoms with E-state index in [4.69, 9.17) is 0 Å². The van der Waals surface area contributed by atoms with Crippen molar-refractivity contribution in [3.05, 3.63) is 82.9 Å². The minimum atomic E-state index is 0.166. The molecule has 0 saturated carbocycles. The molecule has 3 rings (SSSR count). The molecule has 0 bridgehead atoms. The highest BCUT2D eigenvalue weighted by atomic mass is 16.1. The van der Waals surface area contributed by atoms with E-state index >= 15 is 0 Å². The molecule has 0 amide bonds. The molecule has 0 spiro atoms. The Bertz CT molecular complexity index is 696. The number of hydrogen-bond donors (Lipinski definition) is 0. The molecule has 0 aromatic heterocycles. The van der Waals surface area contributed by atoms with Gasteiger partial charge in [0.1, 0.15) is 0 Å². The number of nitrogens with zero attached hydrogens (tertiary/aromatic N) is 1. The van der Waals surface area contributed by atoms with Crippen LogP contribution in [0.25, 0.3) is 12.2 Å². The lowest BCUT2D eigenvalue weighted by Crippen LogP contribution is -2.41. The molecular weight excluding hydrogens is 294 g/mol. The van der Waals surface area contributed by atoms with Crippen molar-refractivity contribution in [2.24, 2.45) is 0 Å². The van der Waals surface area contributed by atoms with E-state index in [0.717, 1.165) is 22.3 Å². The second-order valence-electron chi connectivity index (χ2n) is 6.49. The molecule has 2 aromatic carbocycles. The maximum Gasteiger partial charge on any atom is 0.187 e. The van der Waals surface area contributed by atoms with Crippen molar-refractivity contribution < 1.29 is 4.79 Å². The van der Waals surface area contributed by atoms with Crippen LogP contribution < -0.4 is 0 Å². The maximum absolute atomic E-state index is 12.9. The number of benzene rings is 2. The van der Waals surface area contributed by atoms with Crippen molar-refractivity contribution in [3.63, 3.8) is 0 Å². The van der Waals surface area contributed by atoms with Crippen molar-refractivity contribution in [1.29, 1.82) is 0 Å². The van der Waals surface area contributed by atoms with Gasteiger partial charge in [-0.25, -0.2) is 0 Å². The summed E-state index contributed by atoms with van der Waals surface area (Å²) in [4.78, 5) is 15.3. The first-order chi connectivity index (χ1) is 11.6. The first-order valence-corrected chi connectivity index (χ1v) is 8.43. The largest absolute Gasteiger partial charge is 0.292 e. The lowest BCUT2D eigenvalue weighted by molar-refractivity contribution is -0.113. The number of carbonyl (C=O) groups is 1. The molecule has 0 N–H and O–H groups in total. The third-order valence-electron chi connectivity index (χ3n) is 4.34. The van der Waals surface area contributed by atoms with Crippen molar-refractivity contribution in [2.75, 3.05) is 13.1 Å². The second kappa shape index (κ2) is 7.41. The van der Waals surface area contributed by atoms with Gasteiger partial charge in [0.15, 0.2) is 5.78 Å². The normalized spacial score (nSPS) is 19.4. The summed E-state index contributed by atoms with van der Waals surface area (Å²) in [7, 11) is 0. The van der Waals surface area contributed by atoms with Gasteiger partial charge >= 0.3 is 0 Å². The number of likely N-dealkylation sites (tertiary alicyclic amines) is 1. The summed E-state index contributed by atoms with van der Waals surface area (Å²) in [6.07, 6.45) is 4.05. The zero-order valence-corrected chi connectivity index (χ0v) is 14.3. The number of piperidine rings is 1. The van der Waals surface area contributed by atoms with Crippen LogP contribution in [-0.4, -0.2) is 29.8 Å². The average Bonchev–Trinajstić information content (AvgIpc) is 2.60. The fraction of sp³-hybridized carbons (Fsp3) is 0.227. The smallest absolute Gasteiger partial charge is 0.187 e. The molecule has 1 heterocycles. The maximum atomic E-state index is 12.9. The summed E-state index contributed by atoms with van der Waals surface area (Å²) < 4.78 is 0. The van der Waals surface area contributed by atoms with Crippen LogP contribution in [0.4, 0.5) is 0 Å². The van der Waals surface area contributed by atoms with Gasteiger partial charge < -0.3 is 0 Å². The summed E-state index contributed by atoms with van der Waals surface area (Å²) in [6.45, 7) is 5.77. The van der Waals surface area contributed by atoms with Gasteiger partial charge in [-0.3, -0.25) is 9.69 Å². The summed E-state index contributed by atoms with van der Waals surface area (Å²) in [5, 5.41) is 0. The first kappa shape index (κ1) is 16.4. The zero-order chi connectivity index (χ0) is 16.9. The first-order valence-electron chi connectivity index (χ1n) is 8.43. The van der Waals surface area contributed by atoms with Crippen LogP contribution in [0.2, 0.25) is 0 Å². The van der Waals surface area contributed by atoms with Gasteiger partial charge in [-0.05, 0) is 37.1 Å². The van der Waals surface area contributed by atoms with Crippen LogP contribution in [0.15, 0.2) is 71.8 Å². The van der Waals surface area contributed by atoms with E-state index in [0.29, 0.717) is 19.1 Å². The number of Topliss-reactive ketones (excluding diaryl/α,β-unsaturated/α-hetero) is 1. The van der Waals surface area contributed by atoms with E-state index in [1.54, 1.807) is 0 Å². The molecule has 1 fully saturated rings. The van der Waals surface area contributed by atoms with Gasteiger partial charge in [0.05, 0.1) is 0 Å². The fourth-order valence-corrected chi connectivity index (χ4v) is 2.93. The standard InChI is InChI=1S/C22H23NO/c1-17(2)23-15-20(13-18-9-5-3-6-10-18)22(24)21(16-23)14-19-11-7-4-8-12-19/h3-14,17H,15-16H2,1-2H3. The van der Waals surface area contributed by atoms with Gasteiger partial charge in [-0.2, -0.15) is 0 Å². The quantitative estimate of drug-likeness (QED) is 0.780. The Morgan fingerprint density at radius 1 is 0.792 bits per heavy atom. The van der Waals surface area contributed by atoms with Crippen molar-refractivity contribution in [2.45, 2.75) is 19.9 Å². The third kappa shape index (κ3) is 3.90. The van der Waals surface area contributed by atoms with Crippen LogP contribution in [0.5, 0.6) is 0 Å². The van der Waals surface area contributed by atoms with E-state index in [2.05, 4.69) is 18.7 Å². The highest BCUT2D eigenvalue weighted by molar-refractivity contribution is 6.14. The second-order valence-corrected chi connectivity index (χ2v) is 6.49. The van der Waals surface area contributed by atoms with Crippen molar-refractivity contribution in [3.8, 4) is 0 Å². The van der Waals surface area contributed by atoms with E-state index in [-0.39, 0.29) is 5.78 Å². The van der Waals surface area contributed by atoms with Gasteiger partial charge in [-0.15, -0.1) is 0 Å². The van der Waals surface area contributed by atoms with E-state index in [1.165, 1.54) is 0 Å². The topological polar surface area (TPSA) is 20.3 Å². The summed E-state index contributed by atoms with van der Waals surface area (Å²) in [5.41, 5.74) is 3.88. The Kier molecular flexibility index (Phi) is 5.07. The Labute approximate surface area is 144 Å². The van der Waals surface area contributed by atoms with Crippen LogP contribution >= 0.6 is 0 Å². The molecule has 2 aromatic rings. The molecule has 1 saturated heterocycles. The number of carbonyl (C=O) groups excluding carboxylic acids is 1. The lowest BCUT2D eigenvalue weighted by Gasteiger charge is -2.32.